The largest absolute Gasteiger partial charge is 0.426 e. The first-order valence-corrected chi connectivity index (χ1v) is 21.4. The third-order valence-electron chi connectivity index (χ3n) is 16.5. The van der Waals surface area contributed by atoms with Gasteiger partial charge in [0.2, 0.25) is 5.60 Å². The van der Waals surface area contributed by atoms with E-state index in [9.17, 15) is 112 Å². The Kier molecular flexibility index (Phi) is 14.2. The number of ether oxygens (including phenoxy) is 1. The molecule has 8 fully saturated rings. The highest BCUT2D eigenvalue weighted by Gasteiger charge is 2.84. The van der Waals surface area contributed by atoms with Crippen LogP contribution in [-0.4, -0.2) is 104 Å². The second-order valence-corrected chi connectivity index (χ2v) is 20.4. The first-order chi connectivity index (χ1) is 29.7. The van der Waals surface area contributed by atoms with Gasteiger partial charge in [0.1, 0.15) is 12.2 Å². The lowest BCUT2D eigenvalue weighted by Gasteiger charge is -2.42. The molecular weight excluding hydrogens is 978 g/mol. The number of hydrogen-bond acceptors (Lipinski definition) is 5. The summed E-state index contributed by atoms with van der Waals surface area (Å²) >= 11 is 0. The lowest BCUT2D eigenvalue weighted by atomic mass is 9.73. The fourth-order valence-electron chi connectivity index (χ4n) is 12.8. The minimum absolute atomic E-state index is 0.0241. The van der Waals surface area contributed by atoms with Crippen LogP contribution >= 0.6 is 0 Å². The molecule has 2 aliphatic heterocycles. The maximum atomic E-state index is 13.5. The summed E-state index contributed by atoms with van der Waals surface area (Å²) in [4.78, 5) is 0. The van der Waals surface area contributed by atoms with Crippen molar-refractivity contribution in [1.82, 2.24) is 0 Å². The molecular formula is C40H50F22O5. The van der Waals surface area contributed by atoms with Crippen molar-refractivity contribution < 1.29 is 122 Å². The molecule has 0 aromatic carbocycles. The Bertz CT molecular complexity index is 1670. The predicted molar refractivity (Wildman–Crippen MR) is 185 cm³/mol. The van der Waals surface area contributed by atoms with Gasteiger partial charge in [0.05, 0.1) is 0 Å². The molecule has 8 bridgehead atoms. The Hall–Kier alpha value is -1.74. The zero-order valence-electron chi connectivity index (χ0n) is 35.7. The molecule has 4 N–H and O–H groups in total. The molecule has 0 aromatic heterocycles. The maximum Gasteiger partial charge on any atom is 0.426 e. The normalized spacial score (nSPS) is 42.0. The van der Waals surface area contributed by atoms with Crippen LogP contribution < -0.4 is 0 Å². The van der Waals surface area contributed by atoms with E-state index in [1.165, 1.54) is 13.8 Å². The molecule has 2 saturated heterocycles. The fraction of sp³-hybridized carbons (Fsp3) is 1.00. The summed E-state index contributed by atoms with van der Waals surface area (Å²) < 4.78 is 285. The predicted octanol–water partition coefficient (Wildman–Crippen LogP) is 11.8. The lowest BCUT2D eigenvalue weighted by molar-refractivity contribution is -0.389. The Balaban J connectivity index is 0.000000168. The Morgan fingerprint density at radius 3 is 1.21 bits per heavy atom. The quantitative estimate of drug-likeness (QED) is 0.212. The first-order valence-electron chi connectivity index (χ1n) is 21.4. The molecule has 27 heteroatoms. The molecule has 0 spiro atoms. The van der Waals surface area contributed by atoms with E-state index < -0.39 is 131 Å². The highest BCUT2D eigenvalue weighted by atomic mass is 19.4. The van der Waals surface area contributed by atoms with Crippen LogP contribution in [0.25, 0.3) is 0 Å². The third-order valence-corrected chi connectivity index (χ3v) is 16.5. The van der Waals surface area contributed by atoms with Crippen molar-refractivity contribution in [3.05, 3.63) is 0 Å². The fourth-order valence-corrected chi connectivity index (χ4v) is 12.8. The summed E-state index contributed by atoms with van der Waals surface area (Å²) in [5.74, 6) is -14.8. The first kappa shape index (κ1) is 56.2. The second kappa shape index (κ2) is 16.9. The topological polar surface area (TPSA) is 90.2 Å². The zero-order valence-corrected chi connectivity index (χ0v) is 35.7. The van der Waals surface area contributed by atoms with Crippen LogP contribution in [-0.2, 0) is 4.74 Å². The molecule has 394 valence electrons. The molecule has 0 amide bonds. The molecule has 16 atom stereocenters. The van der Waals surface area contributed by atoms with Crippen molar-refractivity contribution in [3.8, 4) is 0 Å². The van der Waals surface area contributed by atoms with Gasteiger partial charge in [-0.2, -0.15) is 87.8 Å². The van der Waals surface area contributed by atoms with Crippen LogP contribution in [0.4, 0.5) is 96.6 Å². The summed E-state index contributed by atoms with van der Waals surface area (Å²) in [6.07, 6.45) is -36.5. The van der Waals surface area contributed by atoms with Gasteiger partial charge in [-0.05, 0) is 117 Å². The van der Waals surface area contributed by atoms with Crippen molar-refractivity contribution in [2.45, 2.75) is 175 Å². The molecule has 12 unspecified atom stereocenters. The van der Waals surface area contributed by atoms with Gasteiger partial charge in [0, 0.05) is 17.8 Å². The summed E-state index contributed by atoms with van der Waals surface area (Å²) in [7, 11) is 0. The van der Waals surface area contributed by atoms with Crippen LogP contribution in [0.2, 0.25) is 0 Å². The highest BCUT2D eigenvalue weighted by molar-refractivity contribution is 5.19. The average Bonchev–Trinajstić information content (AvgIpc) is 4.01. The number of alkyl halides is 22. The Morgan fingerprint density at radius 2 is 0.910 bits per heavy atom. The standard InChI is InChI=1S/C12H16F6O.C11H14F6O.C9H11F5O.C8H9F5O2/c1-6-2-8-3-7(6)4-9(8)5-10(19,11(13,14)15)12(16,17)18;1-5-2-7-3-6(5)4-8(7)9(18,10(12,13)14)11(15,16)17;1-4-2-5-3-6(4)8(10,11)7(5,15)9(12,13)14;1-3-2-4-6(14,8(11,12)13)7(9,10)5(3)15-4/h6-9,19H,2-5H2,1H3;5-8,18H,2-4H2,1H3;4-6,15H,2-3H2,1H3;3-5,14H,2H2,1H3/t6-,7?,8?,9?;5-,6?,7?,8?;4-,5?,6?,7?;3-,4?,5?,6?/m1111/s1. The van der Waals surface area contributed by atoms with Crippen LogP contribution in [0.5, 0.6) is 0 Å². The van der Waals surface area contributed by atoms with E-state index in [0.29, 0.717) is 38.0 Å². The summed E-state index contributed by atoms with van der Waals surface area (Å²) in [5.41, 5.74) is -17.0. The van der Waals surface area contributed by atoms with E-state index >= 15 is 0 Å². The minimum Gasteiger partial charge on any atom is -0.376 e. The smallest absolute Gasteiger partial charge is 0.376 e. The van der Waals surface area contributed by atoms with Crippen LogP contribution in [0.3, 0.4) is 0 Å². The van der Waals surface area contributed by atoms with Gasteiger partial charge in [-0.3, -0.25) is 0 Å². The van der Waals surface area contributed by atoms with Crippen molar-refractivity contribution in [2.75, 3.05) is 0 Å². The van der Waals surface area contributed by atoms with E-state index in [-0.39, 0.29) is 49.4 Å². The van der Waals surface area contributed by atoms with Crippen LogP contribution in [0.15, 0.2) is 0 Å². The van der Waals surface area contributed by atoms with Gasteiger partial charge in [0.15, 0.2) is 0 Å². The molecule has 0 radical (unpaired) electrons. The van der Waals surface area contributed by atoms with Gasteiger partial charge in [-0.15, -0.1) is 0 Å². The third kappa shape index (κ3) is 8.69. The number of rotatable bonds is 3. The van der Waals surface area contributed by atoms with Gasteiger partial charge >= 0.3 is 43.0 Å². The number of aliphatic hydroxyl groups is 4. The van der Waals surface area contributed by atoms with E-state index in [2.05, 4.69) is 4.74 Å². The number of halogens is 22. The Labute approximate surface area is 368 Å². The average molecular weight is 1030 g/mol. The second-order valence-electron chi connectivity index (χ2n) is 20.4. The van der Waals surface area contributed by atoms with Crippen molar-refractivity contribution in [1.29, 1.82) is 0 Å². The molecule has 5 nitrogen and oxygen atoms in total. The molecule has 2 heterocycles. The van der Waals surface area contributed by atoms with E-state index in [0.717, 1.165) is 0 Å². The zero-order chi connectivity index (χ0) is 51.9. The van der Waals surface area contributed by atoms with Gasteiger partial charge in [0.25, 0.3) is 22.7 Å². The maximum absolute atomic E-state index is 13.5. The minimum atomic E-state index is -5.68. The summed E-state index contributed by atoms with van der Waals surface area (Å²) in [6, 6.07) is 0. The SMILES string of the molecule is C[C@@H]1CC2CC1C(F)(F)C2(O)C(F)(F)F.C[C@@H]1CC2CC1CC2C(O)(C(F)(F)F)C(F)(F)F.C[C@@H]1CC2CC1CC2CC(O)(C(F)(F)F)C(F)(F)F.C[C@@H]1CC2OC1C(F)(F)C2(O)C(F)(F)F. The van der Waals surface area contributed by atoms with Crippen LogP contribution in [0.1, 0.15) is 91.9 Å². The summed E-state index contributed by atoms with van der Waals surface area (Å²) in [5, 5.41) is 37.0. The molecule has 0 aromatic rings. The number of fused-ring (bicyclic) bond motifs is 8. The van der Waals surface area contributed by atoms with E-state index in [1.807, 2.05) is 13.8 Å². The van der Waals surface area contributed by atoms with Gasteiger partial charge < -0.3 is 25.2 Å². The monoisotopic (exact) mass is 1030 g/mol. The van der Waals surface area contributed by atoms with Gasteiger partial charge in [-0.25, -0.2) is 8.78 Å². The van der Waals surface area contributed by atoms with Crippen molar-refractivity contribution >= 4 is 0 Å². The van der Waals surface area contributed by atoms with Crippen LogP contribution in [0, 0.1) is 71.0 Å². The van der Waals surface area contributed by atoms with Crippen molar-refractivity contribution in [3.63, 3.8) is 0 Å². The molecule has 8 rings (SSSR count). The molecule has 6 aliphatic carbocycles. The van der Waals surface area contributed by atoms with Crippen molar-refractivity contribution in [2.24, 2.45) is 71.0 Å². The van der Waals surface area contributed by atoms with E-state index in [4.69, 9.17) is 5.11 Å². The molecule has 67 heavy (non-hydrogen) atoms. The highest BCUT2D eigenvalue weighted by Crippen LogP contribution is 2.67. The lowest BCUT2D eigenvalue weighted by Crippen LogP contribution is -2.66. The summed E-state index contributed by atoms with van der Waals surface area (Å²) in [6.45, 7) is 6.70. The molecule has 8 aliphatic rings. The van der Waals surface area contributed by atoms with E-state index in [1.54, 1.807) is 0 Å². The number of hydrogen-bond donors (Lipinski definition) is 4. The molecule has 6 saturated carbocycles. The van der Waals surface area contributed by atoms with Gasteiger partial charge in [-0.1, -0.05) is 27.7 Å². The Morgan fingerprint density at radius 1 is 0.463 bits per heavy atom.